The van der Waals surface area contributed by atoms with Gasteiger partial charge in [0.2, 0.25) is 0 Å². The smallest absolute Gasteiger partial charge is 0.311 e. The van der Waals surface area contributed by atoms with Gasteiger partial charge in [-0.15, -0.1) is 0 Å². The molecule has 23 fully saturated rings. The Kier molecular flexibility index (Phi) is 20.7. The van der Waals surface area contributed by atoms with E-state index in [1.807, 2.05) is 0 Å². The molecule has 0 spiro atoms. The van der Waals surface area contributed by atoms with E-state index in [0.29, 0.717) is 0 Å². The minimum Gasteiger partial charge on any atom is -0.394 e. The van der Waals surface area contributed by atoms with Gasteiger partial charge in [-0.2, -0.15) is 0 Å². The van der Waals surface area contributed by atoms with Crippen LogP contribution in [-0.4, -0.2) is 373 Å². The maximum atomic E-state index is 12.0. The van der Waals surface area contributed by atoms with E-state index in [1.54, 1.807) is 0 Å². The predicted octanol–water partition coefficient (Wildman–Crippen LogP) is -15.9. The lowest BCUT2D eigenvalue weighted by Crippen LogP contribution is -2.71. The summed E-state index contributed by atoms with van der Waals surface area (Å²) in [5.74, 6) is -3.57. The Morgan fingerprint density at radius 2 is 0.487 bits per heavy atom. The molecule has 23 saturated heterocycles. The van der Waals surface area contributed by atoms with E-state index < -0.39 is 261 Å². The van der Waals surface area contributed by atoms with Gasteiger partial charge in [0.1, 0.15) is 165 Å². The monoisotopic (exact) mass is 1150 g/mol. The topological polar surface area (TPSA) is 574 Å². The molecule has 23 rings (SSSR count). The number of aliphatic hydroxyl groups excluding tert-OH is 21. The van der Waals surface area contributed by atoms with Gasteiger partial charge in [-0.1, -0.05) is 0 Å². The van der Waals surface area contributed by atoms with Crippen molar-refractivity contribution < 1.29 is 179 Å². The molecule has 23 heterocycles. The van der Waals surface area contributed by atoms with Crippen molar-refractivity contribution in [2.75, 3.05) is 46.2 Å². The van der Waals surface area contributed by atoms with Crippen LogP contribution in [0.3, 0.4) is 0 Å². The van der Waals surface area contributed by atoms with Crippen LogP contribution in [0.1, 0.15) is 0 Å². The van der Waals surface area contributed by atoms with Crippen molar-refractivity contribution in [3.8, 4) is 0 Å². The van der Waals surface area contributed by atoms with E-state index in [2.05, 4.69) is 0 Å². The molecule has 23 aliphatic rings. The minimum atomic E-state index is -3.57. The molecule has 35 atom stereocenters. The molecule has 36 nitrogen and oxygen atoms in total. The molecular formula is C42H70O36. The van der Waals surface area contributed by atoms with Gasteiger partial charge >= 0.3 is 5.97 Å². The maximum Gasteiger partial charge on any atom is 0.311 e. The van der Waals surface area contributed by atoms with Crippen LogP contribution in [0.15, 0.2) is 0 Å². The molecule has 23 aliphatic heterocycles. The van der Waals surface area contributed by atoms with Crippen LogP contribution < -0.4 is 0 Å². The zero-order valence-corrected chi connectivity index (χ0v) is 40.6. The number of aliphatic hydroxyl groups is 22. The SMILES string of the molecule is OC[C@H]1O[C@@H]2O[C@H]3C(O)C(O)[C@H](O[C@@H]3CO)O[C@H]3C(O)C(O)[C@H](O[C@@H]3CO)O[C@H]3C(O)C(O)[C@H](O[C@@H]3CO)O[C@H]3C(O)C(O)[C@H](O[C@@H]3CO)O[C@H]3C(OC4(O)O[C@H](CO)[C@@H](O)[C@H](O)[C@H]4O)C(O)C(OC1C(O)C2O)O[C@@H]3CO. The first-order valence-corrected chi connectivity index (χ1v) is 24.7. The Bertz CT molecular complexity index is 1870. The maximum absolute atomic E-state index is 12.0. The summed E-state index contributed by atoms with van der Waals surface area (Å²) in [5, 5.41) is 242. The van der Waals surface area contributed by atoms with Crippen LogP contribution in [0.4, 0.5) is 0 Å². The molecule has 36 heteroatoms. The minimum absolute atomic E-state index is 1.04. The molecule has 0 saturated carbocycles. The fourth-order valence-electron chi connectivity index (χ4n) is 10.5. The first-order valence-electron chi connectivity index (χ1n) is 24.7. The highest BCUT2D eigenvalue weighted by atomic mass is 16.9. The molecule has 78 heavy (non-hydrogen) atoms. The third-order valence-corrected chi connectivity index (χ3v) is 14.9. The summed E-state index contributed by atoms with van der Waals surface area (Å²) in [5.41, 5.74) is 0. The molecule has 0 aliphatic carbocycles. The van der Waals surface area contributed by atoms with Crippen molar-refractivity contribution in [1.82, 2.24) is 0 Å². The first kappa shape index (κ1) is 62.6. The van der Waals surface area contributed by atoms with E-state index in [-0.39, 0.29) is 0 Å². The number of hydrogen-bond acceptors (Lipinski definition) is 36. The second-order valence-electron chi connectivity index (χ2n) is 19.8. The zero-order valence-electron chi connectivity index (χ0n) is 40.6. The van der Waals surface area contributed by atoms with Gasteiger partial charge in [0.15, 0.2) is 43.8 Å². The summed E-state index contributed by atoms with van der Waals surface area (Å²) in [6.07, 6.45) is -72.3. The number of ether oxygens (including phenoxy) is 14. The molecule has 0 radical (unpaired) electrons. The average molecular weight is 1150 g/mol. The third kappa shape index (κ3) is 11.8. The average Bonchev–Trinajstić information content (AvgIpc) is 3.49. The van der Waals surface area contributed by atoms with Crippen LogP contribution in [0.25, 0.3) is 0 Å². The highest BCUT2D eigenvalue weighted by Crippen LogP contribution is 2.41. The second kappa shape index (κ2) is 25.8. The van der Waals surface area contributed by atoms with Gasteiger partial charge < -0.3 is 179 Å². The molecule has 0 aromatic rings. The normalized spacial score (nSPS) is 55.6. The van der Waals surface area contributed by atoms with Crippen LogP contribution >= 0.6 is 0 Å². The molecule has 22 N–H and O–H groups in total. The second-order valence-corrected chi connectivity index (χ2v) is 19.8. The molecule has 0 amide bonds. The quantitative estimate of drug-likeness (QED) is 0.0953. The highest BCUT2D eigenvalue weighted by molar-refractivity contribution is 5.02. The largest absolute Gasteiger partial charge is 0.394 e. The van der Waals surface area contributed by atoms with Crippen molar-refractivity contribution >= 4 is 0 Å². The fraction of sp³-hybridized carbons (Fsp3) is 1.00. The summed E-state index contributed by atoms with van der Waals surface area (Å²) < 4.78 is 79.6. The Balaban J connectivity index is 1.15. The summed E-state index contributed by atoms with van der Waals surface area (Å²) in [6.45, 7) is -7.83. The van der Waals surface area contributed by atoms with Crippen LogP contribution in [0.2, 0.25) is 0 Å². The van der Waals surface area contributed by atoms with Gasteiger partial charge in [-0.05, 0) is 0 Å². The lowest BCUT2D eigenvalue weighted by Gasteiger charge is -2.52. The van der Waals surface area contributed by atoms with Gasteiger partial charge in [0, 0.05) is 0 Å². The summed E-state index contributed by atoms with van der Waals surface area (Å²) in [4.78, 5) is 0. The number of rotatable bonds is 9. The van der Waals surface area contributed by atoms with E-state index in [4.69, 9.17) is 66.3 Å². The first-order chi connectivity index (χ1) is 37.0. The third-order valence-electron chi connectivity index (χ3n) is 14.9. The Morgan fingerprint density at radius 3 is 0.744 bits per heavy atom. The molecular weight excluding hydrogens is 1080 g/mol. The zero-order chi connectivity index (χ0) is 57.0. The highest BCUT2D eigenvalue weighted by Gasteiger charge is 2.62. The van der Waals surface area contributed by atoms with Crippen LogP contribution in [0, 0.1) is 0 Å². The Hall–Kier alpha value is -1.44. The molecule has 0 aromatic carbocycles. The standard InChI is InChI=1S/C42H70O36/c43-1-8-15(50)21(56)35(63)42(64,77-8)78-34-27(62)41-70-14(7-49)33(34)76-40-26(61)20(55)31(12(5-47)69-40)74-38-24(59)18(53)29(10(3-45)67-38)72-36-22(57)16(51)28(9(2-44)65-36)71-37-23(58)17(52)30(11(4-46)66-37)73-39-25(60)19(54)32(75-41)13(6-48)68-39/h8-41,43-64H,1-7H2/t8-,9-,10-,11-,12-,13-,14-,15-,16?,17?,18?,19?,20?,21+,22?,23?,24?,25?,26?,27?,28-,29-,30-,31-,32?,33-,34?,35-,36-,37-,38-,39-,40-,41?,42?/m1/s1. The molecule has 454 valence electrons. The van der Waals surface area contributed by atoms with E-state index in [0.717, 1.165) is 0 Å². The fourth-order valence-corrected chi connectivity index (χ4v) is 10.5. The molecule has 15 unspecified atom stereocenters. The summed E-state index contributed by atoms with van der Waals surface area (Å²) >= 11 is 0. The van der Waals surface area contributed by atoms with Gasteiger partial charge in [0.25, 0.3) is 0 Å². The van der Waals surface area contributed by atoms with E-state index in [9.17, 15) is 112 Å². The van der Waals surface area contributed by atoms with Gasteiger partial charge in [0.05, 0.1) is 46.2 Å². The van der Waals surface area contributed by atoms with E-state index in [1.165, 1.54) is 0 Å². The molecule has 0 aromatic heterocycles. The lowest BCUT2D eigenvalue weighted by molar-refractivity contribution is -0.480. The predicted molar refractivity (Wildman–Crippen MR) is 230 cm³/mol. The van der Waals surface area contributed by atoms with Gasteiger partial charge in [-0.25, -0.2) is 0 Å². The summed E-state index contributed by atoms with van der Waals surface area (Å²) in [7, 11) is 0. The van der Waals surface area contributed by atoms with Crippen molar-refractivity contribution in [3.63, 3.8) is 0 Å². The van der Waals surface area contributed by atoms with Crippen LogP contribution in [0.5, 0.6) is 0 Å². The lowest BCUT2D eigenvalue weighted by atomic mass is 9.94. The van der Waals surface area contributed by atoms with Crippen molar-refractivity contribution in [3.05, 3.63) is 0 Å². The Labute approximate surface area is 439 Å². The van der Waals surface area contributed by atoms with Gasteiger partial charge in [-0.3, -0.25) is 0 Å². The van der Waals surface area contributed by atoms with Crippen molar-refractivity contribution in [2.24, 2.45) is 0 Å². The number of hydrogen-bond donors (Lipinski definition) is 22. The Morgan fingerprint density at radius 1 is 0.256 bits per heavy atom. The van der Waals surface area contributed by atoms with Crippen molar-refractivity contribution in [2.45, 2.75) is 215 Å². The van der Waals surface area contributed by atoms with Crippen LogP contribution in [-0.2, 0) is 66.3 Å². The summed E-state index contributed by atoms with van der Waals surface area (Å²) in [6, 6.07) is 0. The van der Waals surface area contributed by atoms with Crippen molar-refractivity contribution in [1.29, 1.82) is 0 Å². The van der Waals surface area contributed by atoms with E-state index >= 15 is 0 Å². The molecule has 12 bridgehead atoms.